The number of hydrogen-bond acceptors (Lipinski definition) is 9. The maximum Gasteiger partial charge on any atom is 0.228 e. The molecule has 4 bridgehead atoms. The molecule has 11 nitrogen and oxygen atoms in total. The van der Waals surface area contributed by atoms with Gasteiger partial charge in [0.15, 0.2) is 11.6 Å². The first kappa shape index (κ1) is 45.3. The molecule has 0 radical (unpaired) electrons. The van der Waals surface area contributed by atoms with E-state index in [1.165, 1.54) is 17.5 Å². The number of carbonyl (C=O) groups excluding carboxylic acids is 4. The third-order valence-corrected chi connectivity index (χ3v) is 11.0. The number of nitrogens with zero attached hydrogens (tertiary/aromatic N) is 1. The number of hydrogen-bond donors (Lipinski definition) is 4. The van der Waals surface area contributed by atoms with Crippen LogP contribution >= 0.6 is 0 Å². The Labute approximate surface area is 354 Å². The Morgan fingerprint density at radius 3 is 2.08 bits per heavy atom. The zero-order chi connectivity index (χ0) is 43.2. The molecule has 1 heterocycles. The zero-order valence-corrected chi connectivity index (χ0v) is 35.1. The lowest BCUT2D eigenvalue weighted by atomic mass is 9.88. The summed E-state index contributed by atoms with van der Waals surface area (Å²) in [5, 5.41) is 3.04. The quantitative estimate of drug-likeness (QED) is 0.0730. The number of ketones is 2. The number of likely N-dealkylation sites (N-methyl/N-ethyl adjacent to an activating group) is 1. The molecule has 0 saturated heterocycles. The number of ether oxygens (including phenoxy) is 2. The molecule has 5 rings (SSSR count). The van der Waals surface area contributed by atoms with Gasteiger partial charge in [0.2, 0.25) is 11.8 Å². The number of amides is 2. The molecule has 4 aromatic carbocycles. The summed E-state index contributed by atoms with van der Waals surface area (Å²) in [7, 11) is 1.53. The molecular formula is C49H59N5O6. The van der Waals surface area contributed by atoms with Crippen molar-refractivity contribution in [1.29, 1.82) is 0 Å². The first-order chi connectivity index (χ1) is 29.0. The lowest BCUT2D eigenvalue weighted by Gasteiger charge is -2.32. The van der Waals surface area contributed by atoms with Crippen LogP contribution in [0.2, 0.25) is 0 Å². The summed E-state index contributed by atoms with van der Waals surface area (Å²) in [4.78, 5) is 57.6. The van der Waals surface area contributed by atoms with Crippen molar-refractivity contribution < 1.29 is 28.7 Å². The van der Waals surface area contributed by atoms with E-state index in [1.54, 1.807) is 31.2 Å². The number of benzene rings is 4. The van der Waals surface area contributed by atoms with E-state index in [0.717, 1.165) is 36.0 Å². The summed E-state index contributed by atoms with van der Waals surface area (Å²) in [5.74, 6) is 0.592. The Morgan fingerprint density at radius 1 is 0.867 bits per heavy atom. The molecular weight excluding hydrogens is 755 g/mol. The molecule has 7 N–H and O–H groups in total. The lowest BCUT2D eigenvalue weighted by Crippen LogP contribution is -2.44. The van der Waals surface area contributed by atoms with Gasteiger partial charge in [-0.05, 0) is 71.3 Å². The van der Waals surface area contributed by atoms with Crippen LogP contribution in [0, 0.1) is 24.2 Å². The SMILES string of the molecule is C#CC[C@@H]1Cc2ccc(OCCN)c(c2)-c2cc(ccc2OCCN)[C@H](N(C)C(=O)[C@H](CN)CC(=O)c2ccc(-c3ccc(CCCC)cc3)cc2)C(=O)C[C@@H](C)C(=O)N1. The summed E-state index contributed by atoms with van der Waals surface area (Å²) in [5.41, 5.74) is 24.3. The van der Waals surface area contributed by atoms with Crippen LogP contribution in [-0.4, -0.2) is 74.2 Å². The van der Waals surface area contributed by atoms with Crippen LogP contribution in [0.5, 0.6) is 11.5 Å². The number of aryl methyl sites for hydroxylation is 1. The van der Waals surface area contributed by atoms with Gasteiger partial charge in [0.05, 0.1) is 5.92 Å². The predicted octanol–water partition coefficient (Wildman–Crippen LogP) is 6.05. The first-order valence-electron chi connectivity index (χ1n) is 20.9. The lowest BCUT2D eigenvalue weighted by molar-refractivity contribution is -0.142. The Bertz CT molecular complexity index is 2140. The Morgan fingerprint density at radius 2 is 1.48 bits per heavy atom. The van der Waals surface area contributed by atoms with Crippen molar-refractivity contribution in [1.82, 2.24) is 10.2 Å². The van der Waals surface area contributed by atoms with E-state index in [4.69, 9.17) is 33.1 Å². The Hall–Kier alpha value is -5.80. The largest absolute Gasteiger partial charge is 0.492 e. The van der Waals surface area contributed by atoms with E-state index < -0.39 is 29.8 Å². The van der Waals surface area contributed by atoms with Crippen molar-refractivity contribution in [2.24, 2.45) is 29.0 Å². The molecule has 0 aromatic heterocycles. The molecule has 2 amide bonds. The number of nitrogens with one attached hydrogen (secondary N) is 1. The Balaban J connectivity index is 1.49. The van der Waals surface area contributed by atoms with Gasteiger partial charge in [0.1, 0.15) is 30.8 Å². The van der Waals surface area contributed by atoms with Crippen LogP contribution in [0.15, 0.2) is 84.9 Å². The molecule has 11 heteroatoms. The number of carbonyl (C=O) groups is 4. The van der Waals surface area contributed by atoms with Crippen LogP contribution in [0.1, 0.15) is 79.0 Å². The second kappa shape index (κ2) is 22.0. The molecule has 316 valence electrons. The van der Waals surface area contributed by atoms with E-state index in [1.807, 2.05) is 36.4 Å². The maximum absolute atomic E-state index is 14.5. The fourth-order valence-electron chi connectivity index (χ4n) is 7.63. The summed E-state index contributed by atoms with van der Waals surface area (Å²) < 4.78 is 12.2. The molecule has 0 aliphatic carbocycles. The van der Waals surface area contributed by atoms with Crippen molar-refractivity contribution >= 4 is 23.4 Å². The third-order valence-electron chi connectivity index (χ3n) is 11.0. The van der Waals surface area contributed by atoms with Crippen molar-refractivity contribution in [3.8, 4) is 46.1 Å². The number of unbranched alkanes of at least 4 members (excludes halogenated alkanes) is 1. The second-order valence-electron chi connectivity index (χ2n) is 15.5. The standard InChI is InChI=1S/C49H59N5O6/c1-5-7-9-33-10-13-35(14-11-33)36-15-17-37(18-16-36)43(55)30-39(31-52)49(58)54(4)47-38-19-21-46(60-25-23-51)42(29-38)41-28-34(12-20-45(41)59-24-22-50)27-40(8-6-2)53-48(57)32(3)26-44(47)56/h2,10-21,28-29,32,39-40,47H,5,7-9,22-27,30-31,50-52H2,1,3-4H3,(H,53,57)/t32-,39+,40-,47+/m1/s1. The molecule has 1 aliphatic heterocycles. The predicted molar refractivity (Wildman–Crippen MR) is 236 cm³/mol. The summed E-state index contributed by atoms with van der Waals surface area (Å²) in [6, 6.07) is 25.2. The molecule has 0 spiro atoms. The minimum Gasteiger partial charge on any atom is -0.492 e. The topological polar surface area (TPSA) is 180 Å². The molecule has 60 heavy (non-hydrogen) atoms. The Kier molecular flexibility index (Phi) is 16.6. The molecule has 0 fully saturated rings. The van der Waals surface area contributed by atoms with Crippen molar-refractivity contribution in [3.63, 3.8) is 0 Å². The van der Waals surface area contributed by atoms with Crippen LogP contribution in [0.3, 0.4) is 0 Å². The highest BCUT2D eigenvalue weighted by Gasteiger charge is 2.35. The molecule has 0 saturated carbocycles. The summed E-state index contributed by atoms with van der Waals surface area (Å²) in [6.07, 6.45) is 9.41. The van der Waals surface area contributed by atoms with Crippen LogP contribution in [0.4, 0.5) is 0 Å². The summed E-state index contributed by atoms with van der Waals surface area (Å²) in [6.45, 7) is 4.73. The van der Waals surface area contributed by atoms with Crippen LogP contribution in [0.25, 0.3) is 22.3 Å². The van der Waals surface area contributed by atoms with Crippen molar-refractivity contribution in [2.45, 2.75) is 70.9 Å². The summed E-state index contributed by atoms with van der Waals surface area (Å²) >= 11 is 0. The van der Waals surface area contributed by atoms with E-state index in [2.05, 4.69) is 42.4 Å². The minimum absolute atomic E-state index is 0.126. The normalized spacial score (nSPS) is 17.1. The van der Waals surface area contributed by atoms with Gasteiger partial charge < -0.3 is 36.9 Å². The monoisotopic (exact) mass is 813 g/mol. The van der Waals surface area contributed by atoms with Gasteiger partial charge in [-0.15, -0.1) is 12.3 Å². The zero-order valence-electron chi connectivity index (χ0n) is 35.1. The third kappa shape index (κ3) is 11.5. The number of nitrogens with two attached hydrogens (primary N) is 3. The van der Waals surface area contributed by atoms with E-state index in [0.29, 0.717) is 40.2 Å². The number of fused-ring (bicyclic) bond motifs is 5. The van der Waals surface area contributed by atoms with Crippen LogP contribution in [-0.2, 0) is 27.2 Å². The fraction of sp³-hybridized carbons (Fsp3) is 0.388. The highest BCUT2D eigenvalue weighted by molar-refractivity contribution is 6.00. The average molecular weight is 814 g/mol. The second-order valence-corrected chi connectivity index (χ2v) is 15.5. The molecule has 4 aromatic rings. The van der Waals surface area contributed by atoms with E-state index in [-0.39, 0.29) is 69.6 Å². The van der Waals surface area contributed by atoms with E-state index >= 15 is 0 Å². The van der Waals surface area contributed by atoms with Gasteiger partial charge in [0.25, 0.3) is 0 Å². The van der Waals surface area contributed by atoms with Gasteiger partial charge in [0, 0.05) is 74.6 Å². The highest BCUT2D eigenvalue weighted by atomic mass is 16.5. The fourth-order valence-corrected chi connectivity index (χ4v) is 7.63. The molecule has 0 unspecified atom stereocenters. The number of rotatable bonds is 17. The van der Waals surface area contributed by atoms with Gasteiger partial charge >= 0.3 is 0 Å². The van der Waals surface area contributed by atoms with Crippen molar-refractivity contribution in [2.75, 3.05) is 39.9 Å². The minimum atomic E-state index is -1.15. The maximum atomic E-state index is 14.5. The first-order valence-corrected chi connectivity index (χ1v) is 20.9. The van der Waals surface area contributed by atoms with Gasteiger partial charge in [-0.2, -0.15) is 0 Å². The van der Waals surface area contributed by atoms with Gasteiger partial charge in [-0.1, -0.05) is 80.9 Å². The van der Waals surface area contributed by atoms with Gasteiger partial charge in [-0.25, -0.2) is 0 Å². The van der Waals surface area contributed by atoms with Crippen LogP contribution < -0.4 is 32.0 Å². The number of Topliss-reactive ketones (excluding diaryl/α,β-unsaturated/α-hetero) is 2. The molecule has 1 aliphatic rings. The average Bonchev–Trinajstić information content (AvgIpc) is 3.26. The van der Waals surface area contributed by atoms with Crippen molar-refractivity contribution in [3.05, 3.63) is 107 Å². The number of terminal acetylenes is 1. The smallest absolute Gasteiger partial charge is 0.228 e. The molecule has 4 atom stereocenters. The van der Waals surface area contributed by atoms with E-state index in [9.17, 15) is 19.2 Å². The van der Waals surface area contributed by atoms with Gasteiger partial charge in [-0.3, -0.25) is 19.2 Å². The highest BCUT2D eigenvalue weighted by Crippen LogP contribution is 2.41.